The largest absolute Gasteiger partial charge is 0.478 e. The lowest BCUT2D eigenvalue weighted by molar-refractivity contribution is -0.136. The normalized spacial score (nSPS) is 11.8. The van der Waals surface area contributed by atoms with Crippen LogP contribution < -0.4 is 5.32 Å². The zero-order valence-electron chi connectivity index (χ0n) is 8.08. The maximum Gasteiger partial charge on any atom is 0.352 e. The second-order valence-electron chi connectivity index (χ2n) is 2.53. The number of aliphatic carboxylic acids is 4. The molecule has 0 heterocycles. The van der Waals surface area contributed by atoms with Gasteiger partial charge in [0.25, 0.3) is 0 Å². The van der Waals surface area contributed by atoms with Crippen LogP contribution in [0.4, 0.5) is 0 Å². The SMILES string of the molecule is O=C(O)/C=C(/N/C(=C/C(=O)O)C(=O)O)C(=O)O. The Kier molecular flexibility index (Phi) is 4.91. The van der Waals surface area contributed by atoms with Crippen LogP contribution in [0.5, 0.6) is 0 Å². The predicted octanol–water partition coefficient (Wildman–Crippen LogP) is -1.32. The van der Waals surface area contributed by atoms with Crippen LogP contribution in [0.15, 0.2) is 23.5 Å². The smallest absolute Gasteiger partial charge is 0.352 e. The van der Waals surface area contributed by atoms with E-state index < -0.39 is 35.3 Å². The van der Waals surface area contributed by atoms with Gasteiger partial charge in [0, 0.05) is 0 Å². The lowest BCUT2D eigenvalue weighted by Gasteiger charge is -2.05. The van der Waals surface area contributed by atoms with Crippen LogP contribution in [-0.2, 0) is 19.2 Å². The van der Waals surface area contributed by atoms with E-state index in [0.29, 0.717) is 0 Å². The zero-order chi connectivity index (χ0) is 13.6. The third-order valence-corrected chi connectivity index (χ3v) is 1.27. The fourth-order valence-electron chi connectivity index (χ4n) is 0.695. The third-order valence-electron chi connectivity index (χ3n) is 1.27. The van der Waals surface area contributed by atoms with E-state index >= 15 is 0 Å². The number of hydrogen-bond acceptors (Lipinski definition) is 5. The average Bonchev–Trinajstić information content (AvgIpc) is 2.13. The summed E-state index contributed by atoms with van der Waals surface area (Å²) in [5.41, 5.74) is -1.96. The molecule has 0 atom stereocenters. The third kappa shape index (κ3) is 5.57. The van der Waals surface area contributed by atoms with Crippen molar-refractivity contribution in [2.24, 2.45) is 0 Å². The summed E-state index contributed by atoms with van der Waals surface area (Å²) >= 11 is 0. The average molecular weight is 245 g/mol. The topological polar surface area (TPSA) is 161 Å². The van der Waals surface area contributed by atoms with E-state index in [2.05, 4.69) is 0 Å². The molecule has 92 valence electrons. The van der Waals surface area contributed by atoms with Crippen LogP contribution in [0.2, 0.25) is 0 Å². The number of carbonyl (C=O) groups is 4. The molecule has 0 fully saturated rings. The highest BCUT2D eigenvalue weighted by molar-refractivity contribution is 5.98. The Morgan fingerprint density at radius 2 is 1.00 bits per heavy atom. The molecule has 0 spiro atoms. The lowest BCUT2D eigenvalue weighted by atomic mass is 10.3. The molecule has 0 rings (SSSR count). The van der Waals surface area contributed by atoms with Gasteiger partial charge < -0.3 is 25.7 Å². The van der Waals surface area contributed by atoms with Crippen molar-refractivity contribution in [2.45, 2.75) is 0 Å². The van der Waals surface area contributed by atoms with E-state index in [1.807, 2.05) is 0 Å². The Bertz CT molecular complexity index is 393. The fourth-order valence-corrected chi connectivity index (χ4v) is 0.695. The van der Waals surface area contributed by atoms with Crippen LogP contribution in [0.25, 0.3) is 0 Å². The summed E-state index contributed by atoms with van der Waals surface area (Å²) in [6.07, 6.45) is 0.391. The molecule has 0 aliphatic carbocycles. The molecule has 0 amide bonds. The van der Waals surface area contributed by atoms with Crippen LogP contribution in [0, 0.1) is 0 Å². The Morgan fingerprint density at radius 1 is 0.706 bits per heavy atom. The van der Waals surface area contributed by atoms with Crippen molar-refractivity contribution in [1.29, 1.82) is 0 Å². The molecule has 0 aromatic heterocycles. The van der Waals surface area contributed by atoms with Crippen molar-refractivity contribution in [3.05, 3.63) is 23.5 Å². The number of rotatable bonds is 6. The van der Waals surface area contributed by atoms with Gasteiger partial charge >= 0.3 is 23.9 Å². The van der Waals surface area contributed by atoms with Gasteiger partial charge in [0.2, 0.25) is 0 Å². The van der Waals surface area contributed by atoms with Crippen molar-refractivity contribution in [2.75, 3.05) is 0 Å². The first-order valence-electron chi connectivity index (χ1n) is 3.87. The molecular formula is C8H7NO8. The van der Waals surface area contributed by atoms with Gasteiger partial charge in [0.05, 0.1) is 12.2 Å². The molecule has 0 aromatic carbocycles. The van der Waals surface area contributed by atoms with Crippen molar-refractivity contribution in [3.8, 4) is 0 Å². The highest BCUT2D eigenvalue weighted by Gasteiger charge is 2.16. The van der Waals surface area contributed by atoms with Gasteiger partial charge in [-0.2, -0.15) is 0 Å². The van der Waals surface area contributed by atoms with Gasteiger partial charge in [-0.05, 0) is 0 Å². The molecule has 0 saturated carbocycles. The Morgan fingerprint density at radius 3 is 1.18 bits per heavy atom. The molecule has 0 aliphatic heterocycles. The second kappa shape index (κ2) is 5.90. The molecule has 0 unspecified atom stereocenters. The molecule has 9 nitrogen and oxygen atoms in total. The minimum atomic E-state index is -1.75. The van der Waals surface area contributed by atoms with Gasteiger partial charge in [-0.15, -0.1) is 0 Å². The number of hydrogen-bond donors (Lipinski definition) is 5. The molecule has 0 aromatic rings. The summed E-state index contributed by atoms with van der Waals surface area (Å²) in [7, 11) is 0. The fraction of sp³-hybridized carbons (Fsp3) is 0. The van der Waals surface area contributed by atoms with Crippen molar-refractivity contribution in [1.82, 2.24) is 5.32 Å². The van der Waals surface area contributed by atoms with E-state index in [1.54, 1.807) is 5.32 Å². The number of carboxylic acids is 4. The van der Waals surface area contributed by atoms with Crippen LogP contribution in [0.3, 0.4) is 0 Å². The minimum absolute atomic E-state index is 0.195. The molecule has 0 bridgehead atoms. The van der Waals surface area contributed by atoms with Gasteiger partial charge in [-0.3, -0.25) is 0 Å². The molecule has 5 N–H and O–H groups in total. The minimum Gasteiger partial charge on any atom is -0.478 e. The van der Waals surface area contributed by atoms with E-state index in [-0.39, 0.29) is 12.2 Å². The standard InChI is InChI=1S/C8H7NO8/c10-5(11)1-3(7(14)15)9-4(8(16)17)2-6(12)13/h1-2,9H,(H,10,11)(H,12,13)(H,14,15)(H,16,17)/b3-1+,4-2+. The maximum absolute atomic E-state index is 10.5. The quantitative estimate of drug-likeness (QED) is 0.357. The Balaban J connectivity index is 5.22. The highest BCUT2D eigenvalue weighted by atomic mass is 16.4. The Hall–Kier alpha value is -2.84. The predicted molar refractivity (Wildman–Crippen MR) is 49.8 cm³/mol. The summed E-state index contributed by atoms with van der Waals surface area (Å²) in [4.78, 5) is 41.5. The first-order valence-corrected chi connectivity index (χ1v) is 3.87. The van der Waals surface area contributed by atoms with E-state index in [1.165, 1.54) is 0 Å². The zero-order valence-corrected chi connectivity index (χ0v) is 8.08. The van der Waals surface area contributed by atoms with Crippen molar-refractivity contribution >= 4 is 23.9 Å². The maximum atomic E-state index is 10.5. The molecule has 0 radical (unpaired) electrons. The van der Waals surface area contributed by atoms with Crippen molar-refractivity contribution < 1.29 is 39.6 Å². The monoisotopic (exact) mass is 245 g/mol. The molecule has 17 heavy (non-hydrogen) atoms. The van der Waals surface area contributed by atoms with Crippen LogP contribution >= 0.6 is 0 Å². The summed E-state index contributed by atoms with van der Waals surface area (Å²) in [6.45, 7) is 0. The van der Waals surface area contributed by atoms with Crippen LogP contribution in [0.1, 0.15) is 0 Å². The number of nitrogens with one attached hydrogen (secondary N) is 1. The molecule has 9 heteroatoms. The summed E-state index contributed by atoms with van der Waals surface area (Å²) in [6, 6.07) is 0. The summed E-state index contributed by atoms with van der Waals surface area (Å²) in [5, 5.41) is 35.3. The summed E-state index contributed by atoms with van der Waals surface area (Å²) in [5.74, 6) is -6.75. The summed E-state index contributed by atoms with van der Waals surface area (Å²) < 4.78 is 0. The van der Waals surface area contributed by atoms with E-state index in [4.69, 9.17) is 20.4 Å². The molecule has 0 saturated heterocycles. The van der Waals surface area contributed by atoms with Crippen molar-refractivity contribution in [3.63, 3.8) is 0 Å². The first-order chi connectivity index (χ1) is 7.73. The Labute approximate surface area is 93.3 Å². The lowest BCUT2D eigenvalue weighted by Crippen LogP contribution is -2.26. The van der Waals surface area contributed by atoms with Gasteiger partial charge in [-0.1, -0.05) is 0 Å². The highest BCUT2D eigenvalue weighted by Crippen LogP contribution is 1.98. The van der Waals surface area contributed by atoms with Gasteiger partial charge in [0.1, 0.15) is 11.4 Å². The van der Waals surface area contributed by atoms with Crippen LogP contribution in [-0.4, -0.2) is 44.3 Å². The van der Waals surface area contributed by atoms with E-state index in [9.17, 15) is 19.2 Å². The first kappa shape index (κ1) is 14.2. The number of carboxylic acid groups (broad SMARTS) is 4. The molecular weight excluding hydrogens is 238 g/mol. The van der Waals surface area contributed by atoms with E-state index in [0.717, 1.165) is 0 Å². The van der Waals surface area contributed by atoms with Gasteiger partial charge in [0.15, 0.2) is 0 Å². The second-order valence-corrected chi connectivity index (χ2v) is 2.53. The molecule has 0 aliphatic rings. The van der Waals surface area contributed by atoms with Gasteiger partial charge in [-0.25, -0.2) is 19.2 Å².